The van der Waals surface area contributed by atoms with Crippen molar-refractivity contribution < 1.29 is 0 Å². The van der Waals surface area contributed by atoms with Gasteiger partial charge >= 0.3 is 0 Å². The number of hydrogen-bond acceptors (Lipinski definition) is 3. The Hall–Kier alpha value is -3.07. The van der Waals surface area contributed by atoms with E-state index in [4.69, 9.17) is 0 Å². The van der Waals surface area contributed by atoms with Gasteiger partial charge in [-0.05, 0) is 29.2 Å². The first-order valence-corrected chi connectivity index (χ1v) is 8.52. The Morgan fingerprint density at radius 3 is 2.40 bits per heavy atom. The van der Waals surface area contributed by atoms with Crippen LogP contribution in [0.15, 0.2) is 84.1 Å². The maximum atomic E-state index is 4.68. The molecule has 122 valence electrons. The standard InChI is InChI=1S/C22H19N3/c1-2-6-17(7-3-1)14-18-8-4-9-19(15-18)16-20-11-13-24-22(25-20)21-10-5-12-23-21/h1-9,11-13,15H,10,14,16H2. The lowest BCUT2D eigenvalue weighted by Crippen LogP contribution is -2.06. The van der Waals surface area contributed by atoms with Gasteiger partial charge in [-0.1, -0.05) is 60.7 Å². The maximum absolute atomic E-state index is 4.68. The fourth-order valence-electron chi connectivity index (χ4n) is 3.03. The highest BCUT2D eigenvalue weighted by atomic mass is 14.9. The van der Waals surface area contributed by atoms with Crippen LogP contribution in [0.4, 0.5) is 0 Å². The molecule has 2 aromatic carbocycles. The van der Waals surface area contributed by atoms with E-state index in [9.17, 15) is 0 Å². The predicted octanol–water partition coefficient (Wildman–Crippen LogP) is 4.36. The van der Waals surface area contributed by atoms with Crippen LogP contribution in [0, 0.1) is 0 Å². The van der Waals surface area contributed by atoms with Crippen molar-refractivity contribution in [1.82, 2.24) is 9.97 Å². The summed E-state index contributed by atoms with van der Waals surface area (Å²) in [5.74, 6) is 0.739. The Morgan fingerprint density at radius 1 is 0.800 bits per heavy atom. The topological polar surface area (TPSA) is 38.1 Å². The lowest BCUT2D eigenvalue weighted by atomic mass is 10.0. The first-order chi connectivity index (χ1) is 12.4. The summed E-state index contributed by atoms with van der Waals surface area (Å²) in [6, 6.07) is 21.3. The molecule has 0 amide bonds. The molecule has 4 rings (SSSR count). The first-order valence-electron chi connectivity index (χ1n) is 8.52. The van der Waals surface area contributed by atoms with Crippen LogP contribution in [0.2, 0.25) is 0 Å². The summed E-state index contributed by atoms with van der Waals surface area (Å²) in [5, 5.41) is 0. The third kappa shape index (κ3) is 3.89. The van der Waals surface area contributed by atoms with E-state index in [2.05, 4.69) is 69.6 Å². The molecule has 0 unspecified atom stereocenters. The van der Waals surface area contributed by atoms with E-state index in [0.717, 1.165) is 36.5 Å². The average molecular weight is 325 g/mol. The van der Waals surface area contributed by atoms with Gasteiger partial charge in [0.05, 0.1) is 5.71 Å². The second-order valence-corrected chi connectivity index (χ2v) is 6.20. The van der Waals surface area contributed by atoms with Gasteiger partial charge in [0, 0.05) is 30.9 Å². The molecule has 0 bridgehead atoms. The molecule has 2 heterocycles. The van der Waals surface area contributed by atoms with Gasteiger partial charge in [-0.2, -0.15) is 0 Å². The van der Waals surface area contributed by atoms with E-state index < -0.39 is 0 Å². The molecule has 3 heteroatoms. The lowest BCUT2D eigenvalue weighted by molar-refractivity contribution is 1.00. The van der Waals surface area contributed by atoms with Gasteiger partial charge in [-0.25, -0.2) is 9.97 Å². The van der Waals surface area contributed by atoms with Crippen LogP contribution in [0.25, 0.3) is 0 Å². The molecule has 1 aliphatic heterocycles. The van der Waals surface area contributed by atoms with Crippen molar-refractivity contribution in [2.24, 2.45) is 4.99 Å². The number of rotatable bonds is 5. The van der Waals surface area contributed by atoms with Gasteiger partial charge in [0.15, 0.2) is 5.82 Å². The van der Waals surface area contributed by atoms with Crippen LogP contribution in [0.3, 0.4) is 0 Å². The van der Waals surface area contributed by atoms with Gasteiger partial charge < -0.3 is 0 Å². The average Bonchev–Trinajstić information content (AvgIpc) is 3.18. The molecule has 3 aromatic rings. The second-order valence-electron chi connectivity index (χ2n) is 6.20. The maximum Gasteiger partial charge on any atom is 0.174 e. The van der Waals surface area contributed by atoms with Crippen LogP contribution in [-0.2, 0) is 12.8 Å². The number of hydrogen-bond donors (Lipinski definition) is 0. The molecule has 0 saturated heterocycles. The minimum Gasteiger partial charge on any atom is -0.257 e. The van der Waals surface area contributed by atoms with Gasteiger partial charge in [0.2, 0.25) is 0 Å². The van der Waals surface area contributed by atoms with Crippen molar-refractivity contribution in [1.29, 1.82) is 0 Å². The summed E-state index contributed by atoms with van der Waals surface area (Å²) in [6.07, 6.45) is 8.24. The Kier molecular flexibility index (Phi) is 4.46. The van der Waals surface area contributed by atoms with Crippen molar-refractivity contribution in [2.45, 2.75) is 19.3 Å². The number of aromatic nitrogens is 2. The van der Waals surface area contributed by atoms with E-state index in [-0.39, 0.29) is 0 Å². The largest absolute Gasteiger partial charge is 0.257 e. The second kappa shape index (κ2) is 7.22. The van der Waals surface area contributed by atoms with Crippen molar-refractivity contribution in [3.8, 4) is 0 Å². The molecule has 0 aliphatic carbocycles. The van der Waals surface area contributed by atoms with Crippen molar-refractivity contribution in [3.63, 3.8) is 0 Å². The molecule has 1 aromatic heterocycles. The first kappa shape index (κ1) is 15.5. The van der Waals surface area contributed by atoms with Crippen molar-refractivity contribution in [2.75, 3.05) is 0 Å². The molecule has 3 nitrogen and oxygen atoms in total. The quantitative estimate of drug-likeness (QED) is 0.699. The van der Waals surface area contributed by atoms with Gasteiger partial charge in [0.1, 0.15) is 0 Å². The molecule has 25 heavy (non-hydrogen) atoms. The van der Waals surface area contributed by atoms with Crippen molar-refractivity contribution >= 4 is 5.71 Å². The normalized spacial score (nSPS) is 13.0. The third-order valence-electron chi connectivity index (χ3n) is 4.25. The summed E-state index contributed by atoms with van der Waals surface area (Å²) in [7, 11) is 0. The highest BCUT2D eigenvalue weighted by molar-refractivity contribution is 5.99. The summed E-state index contributed by atoms with van der Waals surface area (Å²) in [5.41, 5.74) is 5.89. The fraction of sp³-hybridized carbons (Fsp3) is 0.136. The molecule has 0 saturated carbocycles. The van der Waals surface area contributed by atoms with Crippen LogP contribution >= 0.6 is 0 Å². The van der Waals surface area contributed by atoms with Gasteiger partial charge in [-0.3, -0.25) is 4.99 Å². The van der Waals surface area contributed by atoms with Crippen LogP contribution < -0.4 is 0 Å². The van der Waals surface area contributed by atoms with Crippen molar-refractivity contribution in [3.05, 3.63) is 107 Å². The van der Waals surface area contributed by atoms with Crippen LogP contribution in [0.5, 0.6) is 0 Å². The van der Waals surface area contributed by atoms with E-state index in [1.165, 1.54) is 16.7 Å². The zero-order valence-electron chi connectivity index (χ0n) is 14.0. The van der Waals surface area contributed by atoms with E-state index in [0.29, 0.717) is 0 Å². The molecule has 0 atom stereocenters. The third-order valence-corrected chi connectivity index (χ3v) is 4.25. The molecule has 0 fully saturated rings. The molecular weight excluding hydrogens is 306 g/mol. The molecule has 0 N–H and O–H groups in total. The summed E-state index contributed by atoms with van der Waals surface area (Å²) < 4.78 is 0. The lowest BCUT2D eigenvalue weighted by Gasteiger charge is -2.07. The Morgan fingerprint density at radius 2 is 1.60 bits per heavy atom. The highest BCUT2D eigenvalue weighted by Crippen LogP contribution is 2.15. The van der Waals surface area contributed by atoms with Crippen LogP contribution in [0.1, 0.15) is 34.6 Å². The fourth-order valence-corrected chi connectivity index (χ4v) is 3.03. The molecule has 1 aliphatic rings. The predicted molar refractivity (Wildman–Crippen MR) is 101 cm³/mol. The van der Waals surface area contributed by atoms with E-state index >= 15 is 0 Å². The molecular formula is C22H19N3. The minimum absolute atomic E-state index is 0.739. The van der Waals surface area contributed by atoms with Gasteiger partial charge in [-0.15, -0.1) is 0 Å². The smallest absolute Gasteiger partial charge is 0.174 e. The zero-order chi connectivity index (χ0) is 16.9. The van der Waals surface area contributed by atoms with Crippen LogP contribution in [-0.4, -0.2) is 15.7 Å². The van der Waals surface area contributed by atoms with Gasteiger partial charge in [0.25, 0.3) is 0 Å². The van der Waals surface area contributed by atoms with E-state index in [1.54, 1.807) is 0 Å². The number of nitrogens with zero attached hydrogens (tertiary/aromatic N) is 3. The van der Waals surface area contributed by atoms with E-state index in [1.807, 2.05) is 24.5 Å². The Balaban J connectivity index is 1.51. The SMILES string of the molecule is C1=CN=C(c2nccc(Cc3cccc(Cc4ccccc4)c3)n2)C1. The monoisotopic (exact) mass is 325 g/mol. The number of aliphatic imine (C=N–C) groups is 1. The Labute approximate surface area is 147 Å². The molecule has 0 spiro atoms. The highest BCUT2D eigenvalue weighted by Gasteiger charge is 2.09. The molecule has 0 radical (unpaired) electrons. The zero-order valence-corrected chi connectivity index (χ0v) is 14.0. The Bertz CT molecular complexity index is 927. The number of benzene rings is 2. The number of allylic oxidation sites excluding steroid dienone is 1. The summed E-state index contributed by atoms with van der Waals surface area (Å²) in [4.78, 5) is 13.4. The summed E-state index contributed by atoms with van der Waals surface area (Å²) >= 11 is 0. The summed E-state index contributed by atoms with van der Waals surface area (Å²) in [6.45, 7) is 0. The minimum atomic E-state index is 0.739.